The molecule has 22 heavy (non-hydrogen) atoms. The molecule has 1 aliphatic carbocycles. The normalized spacial score (nSPS) is 14.8. The van der Waals surface area contributed by atoms with E-state index in [0.717, 1.165) is 16.1 Å². The molecule has 0 fully saturated rings. The maximum atomic E-state index is 12.2. The van der Waals surface area contributed by atoms with Gasteiger partial charge < -0.3 is 0 Å². The van der Waals surface area contributed by atoms with E-state index in [1.165, 1.54) is 24.7 Å². The number of allylic oxidation sites excluding steroid dienone is 2. The van der Waals surface area contributed by atoms with Crippen molar-refractivity contribution in [3.05, 3.63) is 77.8 Å². The lowest BCUT2D eigenvalue weighted by Crippen LogP contribution is -2.33. The van der Waals surface area contributed by atoms with Gasteiger partial charge in [0.1, 0.15) is 0 Å². The number of fused-ring (bicyclic) bond motifs is 1. The summed E-state index contributed by atoms with van der Waals surface area (Å²) in [5, 5.41) is 0.929. The van der Waals surface area contributed by atoms with Crippen LogP contribution >= 0.6 is 0 Å². The van der Waals surface area contributed by atoms with Crippen LogP contribution in [0.5, 0.6) is 0 Å². The second-order valence-corrected chi connectivity index (χ2v) is 4.78. The van der Waals surface area contributed by atoms with Crippen LogP contribution in [0, 0.1) is 0 Å². The topological polar surface area (TPSA) is 76.3 Å². The highest BCUT2D eigenvalue weighted by Gasteiger charge is 2.19. The SMILES string of the molecule is NN(C=C1C(=O)C=Cc2ccccc21)C(=O)c1ccncc1. The summed E-state index contributed by atoms with van der Waals surface area (Å²) in [4.78, 5) is 28.2. The molecule has 0 aliphatic heterocycles. The number of aromatic nitrogens is 1. The minimum Gasteiger partial charge on any atom is -0.289 e. The minimum absolute atomic E-state index is 0.184. The summed E-state index contributed by atoms with van der Waals surface area (Å²) in [6, 6.07) is 10.6. The Labute approximate surface area is 127 Å². The monoisotopic (exact) mass is 291 g/mol. The summed E-state index contributed by atoms with van der Waals surface area (Å²) < 4.78 is 0. The van der Waals surface area contributed by atoms with Gasteiger partial charge in [-0.2, -0.15) is 0 Å². The van der Waals surface area contributed by atoms with Crippen LogP contribution in [-0.4, -0.2) is 21.7 Å². The zero-order valence-electron chi connectivity index (χ0n) is 11.6. The lowest BCUT2D eigenvalue weighted by molar-refractivity contribution is -0.109. The first-order chi connectivity index (χ1) is 10.7. The minimum atomic E-state index is -0.408. The molecule has 5 heteroatoms. The summed E-state index contributed by atoms with van der Waals surface area (Å²) in [5.41, 5.74) is 2.47. The molecular formula is C17H13N3O2. The molecule has 0 spiro atoms. The number of ketones is 1. The Balaban J connectivity index is 1.96. The Hall–Kier alpha value is -3.05. The number of hydrogen-bond acceptors (Lipinski definition) is 4. The molecule has 1 aromatic heterocycles. The van der Waals surface area contributed by atoms with Gasteiger partial charge in [0.2, 0.25) is 0 Å². The van der Waals surface area contributed by atoms with Gasteiger partial charge in [0.05, 0.1) is 0 Å². The van der Waals surface area contributed by atoms with Crippen molar-refractivity contribution < 1.29 is 9.59 Å². The number of carbonyl (C=O) groups excluding carboxylic acids is 2. The fourth-order valence-corrected chi connectivity index (χ4v) is 2.25. The summed E-state index contributed by atoms with van der Waals surface area (Å²) in [5.74, 6) is 5.22. The largest absolute Gasteiger partial charge is 0.289 e. The number of benzene rings is 1. The molecule has 0 saturated carbocycles. The fraction of sp³-hybridized carbons (Fsp3) is 0. The molecule has 0 atom stereocenters. The molecule has 2 aromatic rings. The number of amides is 1. The van der Waals surface area contributed by atoms with E-state index in [4.69, 9.17) is 5.84 Å². The average molecular weight is 291 g/mol. The highest BCUT2D eigenvalue weighted by molar-refractivity contribution is 6.29. The molecule has 1 aromatic carbocycles. The van der Waals surface area contributed by atoms with Crippen LogP contribution in [0.3, 0.4) is 0 Å². The number of hydrazine groups is 1. The maximum absolute atomic E-state index is 12.2. The van der Waals surface area contributed by atoms with Gasteiger partial charge in [-0.1, -0.05) is 30.3 Å². The van der Waals surface area contributed by atoms with E-state index >= 15 is 0 Å². The molecule has 2 N–H and O–H groups in total. The quantitative estimate of drug-likeness (QED) is 0.397. The highest BCUT2D eigenvalue weighted by Crippen LogP contribution is 2.26. The maximum Gasteiger partial charge on any atom is 0.272 e. The summed E-state index contributed by atoms with van der Waals surface area (Å²) in [6.07, 6.45) is 7.61. The number of nitrogens with zero attached hydrogens (tertiary/aromatic N) is 2. The van der Waals surface area contributed by atoms with E-state index < -0.39 is 5.91 Å². The summed E-state index contributed by atoms with van der Waals surface area (Å²) >= 11 is 0. The van der Waals surface area contributed by atoms with Crippen molar-refractivity contribution in [3.8, 4) is 0 Å². The fourth-order valence-electron chi connectivity index (χ4n) is 2.25. The molecule has 108 valence electrons. The van der Waals surface area contributed by atoms with Gasteiger partial charge in [-0.25, -0.2) is 5.84 Å². The first-order valence-electron chi connectivity index (χ1n) is 6.69. The number of nitrogens with two attached hydrogens (primary N) is 1. The Kier molecular flexibility index (Phi) is 3.64. The molecule has 0 unspecified atom stereocenters. The van der Waals surface area contributed by atoms with Gasteiger partial charge >= 0.3 is 0 Å². The predicted octanol–water partition coefficient (Wildman–Crippen LogP) is 2.03. The van der Waals surface area contributed by atoms with Crippen LogP contribution < -0.4 is 5.84 Å². The van der Waals surface area contributed by atoms with Crippen LogP contribution in [-0.2, 0) is 4.79 Å². The van der Waals surface area contributed by atoms with Crippen LogP contribution in [0.4, 0.5) is 0 Å². The molecular weight excluding hydrogens is 278 g/mol. The van der Waals surface area contributed by atoms with E-state index in [0.29, 0.717) is 11.1 Å². The highest BCUT2D eigenvalue weighted by atomic mass is 16.2. The van der Waals surface area contributed by atoms with E-state index in [9.17, 15) is 9.59 Å². The van der Waals surface area contributed by atoms with Gasteiger partial charge in [-0.05, 0) is 29.3 Å². The van der Waals surface area contributed by atoms with Gasteiger partial charge in [0.15, 0.2) is 5.78 Å². The third-order valence-corrected chi connectivity index (χ3v) is 3.36. The van der Waals surface area contributed by atoms with Crippen LogP contribution in [0.25, 0.3) is 11.6 Å². The second-order valence-electron chi connectivity index (χ2n) is 4.78. The summed E-state index contributed by atoms with van der Waals surface area (Å²) in [6.45, 7) is 0. The lowest BCUT2D eigenvalue weighted by atomic mass is 9.92. The second kappa shape index (κ2) is 5.75. The molecule has 3 rings (SSSR count). The Morgan fingerprint density at radius 1 is 1.09 bits per heavy atom. The van der Waals surface area contributed by atoms with Crippen molar-refractivity contribution >= 4 is 23.3 Å². The van der Waals surface area contributed by atoms with Gasteiger partial charge in [-0.3, -0.25) is 19.6 Å². The number of rotatable bonds is 2. The number of carbonyl (C=O) groups is 2. The Bertz CT molecular complexity index is 795. The van der Waals surface area contributed by atoms with Crippen molar-refractivity contribution in [2.75, 3.05) is 0 Å². The Morgan fingerprint density at radius 3 is 2.59 bits per heavy atom. The molecule has 1 aliphatic rings. The first-order valence-corrected chi connectivity index (χ1v) is 6.69. The van der Waals surface area contributed by atoms with Gasteiger partial charge in [0, 0.05) is 29.7 Å². The first kappa shape index (κ1) is 13.9. The third-order valence-electron chi connectivity index (χ3n) is 3.36. The average Bonchev–Trinajstić information content (AvgIpc) is 2.57. The van der Waals surface area contributed by atoms with Crippen molar-refractivity contribution in [1.82, 2.24) is 9.99 Å². The van der Waals surface area contributed by atoms with E-state index in [1.807, 2.05) is 24.3 Å². The lowest BCUT2D eigenvalue weighted by Gasteiger charge is -2.17. The van der Waals surface area contributed by atoms with Crippen LogP contribution in [0.1, 0.15) is 21.5 Å². The molecule has 0 saturated heterocycles. The molecule has 1 heterocycles. The van der Waals surface area contributed by atoms with Crippen molar-refractivity contribution in [3.63, 3.8) is 0 Å². The van der Waals surface area contributed by atoms with Crippen molar-refractivity contribution in [2.45, 2.75) is 0 Å². The smallest absolute Gasteiger partial charge is 0.272 e. The van der Waals surface area contributed by atoms with E-state index in [-0.39, 0.29) is 5.78 Å². The molecule has 0 radical (unpaired) electrons. The Morgan fingerprint density at radius 2 is 1.82 bits per heavy atom. The molecule has 5 nitrogen and oxygen atoms in total. The standard InChI is InChI=1S/C17H13N3O2/c18-20(17(22)13-7-9-19-10-8-13)11-15-14-4-2-1-3-12(14)5-6-16(15)21/h1-11H,18H2. The zero-order chi connectivity index (χ0) is 15.5. The number of pyridine rings is 1. The molecule has 0 bridgehead atoms. The predicted molar refractivity (Wildman–Crippen MR) is 83.1 cm³/mol. The van der Waals surface area contributed by atoms with E-state index in [1.54, 1.807) is 18.2 Å². The van der Waals surface area contributed by atoms with Crippen molar-refractivity contribution in [2.24, 2.45) is 5.84 Å². The summed E-state index contributed by atoms with van der Waals surface area (Å²) in [7, 11) is 0. The number of hydrogen-bond donors (Lipinski definition) is 1. The van der Waals surface area contributed by atoms with Crippen LogP contribution in [0.2, 0.25) is 0 Å². The van der Waals surface area contributed by atoms with Gasteiger partial charge in [-0.15, -0.1) is 0 Å². The zero-order valence-corrected chi connectivity index (χ0v) is 11.6. The van der Waals surface area contributed by atoms with Crippen molar-refractivity contribution in [1.29, 1.82) is 0 Å². The third kappa shape index (κ3) is 2.57. The van der Waals surface area contributed by atoms with Gasteiger partial charge in [0.25, 0.3) is 5.91 Å². The van der Waals surface area contributed by atoms with Crippen LogP contribution in [0.15, 0.2) is 61.1 Å². The molecule has 1 amide bonds. The van der Waals surface area contributed by atoms with E-state index in [2.05, 4.69) is 4.98 Å².